The van der Waals surface area contributed by atoms with E-state index in [1.807, 2.05) is 6.92 Å². The molecule has 2 N–H and O–H groups in total. The van der Waals surface area contributed by atoms with Crippen LogP contribution in [-0.4, -0.2) is 20.9 Å². The van der Waals surface area contributed by atoms with Gasteiger partial charge < -0.3 is 10.1 Å². The minimum atomic E-state index is -3.86. The summed E-state index contributed by atoms with van der Waals surface area (Å²) in [5.41, 5.74) is 1.70. The number of ether oxygens (including phenoxy) is 1. The molecule has 0 saturated heterocycles. The van der Waals surface area contributed by atoms with Crippen LogP contribution in [0, 0.1) is 6.92 Å². The van der Waals surface area contributed by atoms with Gasteiger partial charge in [0.25, 0.3) is 15.9 Å². The Kier molecular flexibility index (Phi) is 7.33. The van der Waals surface area contributed by atoms with E-state index < -0.39 is 10.0 Å². The van der Waals surface area contributed by atoms with Crippen LogP contribution in [0.25, 0.3) is 0 Å². The Labute approximate surface area is 195 Å². The minimum Gasteiger partial charge on any atom is -0.484 e. The summed E-state index contributed by atoms with van der Waals surface area (Å²) in [5.74, 6) is -0.0436. The topological polar surface area (TPSA) is 84.5 Å². The van der Waals surface area contributed by atoms with E-state index in [0.29, 0.717) is 26.5 Å². The number of sulfonamides is 1. The smallest absolute Gasteiger partial charge is 0.262 e. The molecule has 0 aliphatic heterocycles. The van der Waals surface area contributed by atoms with Crippen molar-refractivity contribution in [2.45, 2.75) is 11.8 Å². The Morgan fingerprint density at radius 3 is 2.16 bits per heavy atom. The second-order valence-corrected chi connectivity index (χ2v) is 9.50. The van der Waals surface area contributed by atoms with E-state index in [2.05, 4.69) is 10.0 Å². The van der Waals surface area contributed by atoms with Crippen LogP contribution < -0.4 is 14.8 Å². The summed E-state index contributed by atoms with van der Waals surface area (Å²) in [6, 6.07) is 15.2. The van der Waals surface area contributed by atoms with Crippen LogP contribution in [0.2, 0.25) is 15.1 Å². The molecule has 0 fully saturated rings. The van der Waals surface area contributed by atoms with Crippen molar-refractivity contribution in [3.05, 3.63) is 81.3 Å². The fraction of sp³-hybridized carbons (Fsp3) is 0.0952. The molecule has 0 radical (unpaired) electrons. The molecule has 31 heavy (non-hydrogen) atoms. The van der Waals surface area contributed by atoms with Gasteiger partial charge in [-0.3, -0.25) is 9.52 Å². The number of amides is 1. The highest BCUT2D eigenvalue weighted by Gasteiger charge is 2.15. The largest absolute Gasteiger partial charge is 0.484 e. The average Bonchev–Trinajstić information content (AvgIpc) is 2.68. The third-order valence-electron chi connectivity index (χ3n) is 4.07. The summed E-state index contributed by atoms with van der Waals surface area (Å²) in [6.07, 6.45) is 0. The van der Waals surface area contributed by atoms with Gasteiger partial charge in [-0.2, -0.15) is 0 Å². The average molecular weight is 500 g/mol. The lowest BCUT2D eigenvalue weighted by molar-refractivity contribution is -0.118. The predicted octanol–water partition coefficient (Wildman–Crippen LogP) is 5.77. The summed E-state index contributed by atoms with van der Waals surface area (Å²) in [7, 11) is -3.86. The molecule has 6 nitrogen and oxygen atoms in total. The number of rotatable bonds is 7. The number of benzene rings is 3. The highest BCUT2D eigenvalue weighted by atomic mass is 35.5. The van der Waals surface area contributed by atoms with Crippen LogP contribution in [0.1, 0.15) is 5.56 Å². The fourth-order valence-electron chi connectivity index (χ4n) is 2.56. The summed E-state index contributed by atoms with van der Waals surface area (Å²) >= 11 is 17.8. The molecule has 0 aliphatic rings. The van der Waals surface area contributed by atoms with Gasteiger partial charge in [-0.1, -0.05) is 40.9 Å². The van der Waals surface area contributed by atoms with Gasteiger partial charge in [0.15, 0.2) is 6.61 Å². The molecule has 10 heteroatoms. The third-order valence-corrected chi connectivity index (χ3v) is 6.32. The van der Waals surface area contributed by atoms with Crippen LogP contribution in [-0.2, 0) is 14.8 Å². The summed E-state index contributed by atoms with van der Waals surface area (Å²) < 4.78 is 32.9. The Morgan fingerprint density at radius 1 is 0.903 bits per heavy atom. The third kappa shape index (κ3) is 6.51. The number of hydrogen-bond donors (Lipinski definition) is 2. The van der Waals surface area contributed by atoms with E-state index in [-0.39, 0.29) is 23.1 Å². The van der Waals surface area contributed by atoms with Gasteiger partial charge in [0, 0.05) is 20.8 Å². The standard InChI is InChI=1S/C21H17Cl3N2O4S/c1-13-2-3-16(11-20(13)24)25-21(27)12-30-18-4-6-19(7-5-18)31(28,29)26-17-9-14(22)8-15(23)10-17/h2-11,26H,12H2,1H3,(H,25,27). The predicted molar refractivity (Wildman–Crippen MR) is 124 cm³/mol. The number of carbonyl (C=O) groups excluding carboxylic acids is 1. The molecule has 0 spiro atoms. The summed E-state index contributed by atoms with van der Waals surface area (Å²) in [4.78, 5) is 12.1. The van der Waals surface area contributed by atoms with E-state index in [1.165, 1.54) is 42.5 Å². The molecule has 0 aliphatic carbocycles. The second kappa shape index (κ2) is 9.78. The maximum absolute atomic E-state index is 12.5. The van der Waals surface area contributed by atoms with Crippen molar-refractivity contribution in [2.24, 2.45) is 0 Å². The Balaban J connectivity index is 1.60. The first-order valence-electron chi connectivity index (χ1n) is 8.90. The first kappa shape index (κ1) is 23.2. The Bertz CT molecular complexity index is 1200. The van der Waals surface area contributed by atoms with E-state index in [9.17, 15) is 13.2 Å². The van der Waals surface area contributed by atoms with Crippen molar-refractivity contribution in [2.75, 3.05) is 16.6 Å². The first-order valence-corrected chi connectivity index (χ1v) is 11.5. The Morgan fingerprint density at radius 2 is 1.55 bits per heavy atom. The monoisotopic (exact) mass is 498 g/mol. The molecular weight excluding hydrogens is 483 g/mol. The molecule has 162 valence electrons. The number of nitrogens with one attached hydrogen (secondary N) is 2. The summed E-state index contributed by atoms with van der Waals surface area (Å²) in [6.45, 7) is 1.61. The SMILES string of the molecule is Cc1ccc(NC(=O)COc2ccc(S(=O)(=O)Nc3cc(Cl)cc(Cl)c3)cc2)cc1Cl. The lowest BCUT2D eigenvalue weighted by Gasteiger charge is -2.11. The lowest BCUT2D eigenvalue weighted by atomic mass is 10.2. The van der Waals surface area contributed by atoms with Crippen LogP contribution in [0.3, 0.4) is 0 Å². The maximum atomic E-state index is 12.5. The van der Waals surface area contributed by atoms with Crippen molar-refractivity contribution >= 4 is 62.1 Å². The van der Waals surface area contributed by atoms with E-state index in [1.54, 1.807) is 18.2 Å². The number of carbonyl (C=O) groups is 1. The van der Waals surface area contributed by atoms with Gasteiger partial charge in [-0.05, 0) is 67.1 Å². The van der Waals surface area contributed by atoms with Gasteiger partial charge in [0.2, 0.25) is 0 Å². The van der Waals surface area contributed by atoms with Gasteiger partial charge in [-0.25, -0.2) is 8.42 Å². The fourth-order valence-corrected chi connectivity index (χ4v) is 4.31. The Hall–Kier alpha value is -2.45. The van der Waals surface area contributed by atoms with Gasteiger partial charge >= 0.3 is 0 Å². The normalized spacial score (nSPS) is 11.1. The van der Waals surface area contributed by atoms with Crippen molar-refractivity contribution in [1.82, 2.24) is 0 Å². The second-order valence-electron chi connectivity index (χ2n) is 6.54. The highest BCUT2D eigenvalue weighted by Crippen LogP contribution is 2.25. The van der Waals surface area contributed by atoms with Gasteiger partial charge in [-0.15, -0.1) is 0 Å². The zero-order valence-electron chi connectivity index (χ0n) is 16.2. The van der Waals surface area contributed by atoms with Crippen molar-refractivity contribution in [3.63, 3.8) is 0 Å². The van der Waals surface area contributed by atoms with Gasteiger partial charge in [0.05, 0.1) is 10.6 Å². The maximum Gasteiger partial charge on any atom is 0.262 e. The molecule has 0 bridgehead atoms. The number of halogens is 3. The van der Waals surface area contributed by atoms with Crippen LogP contribution >= 0.6 is 34.8 Å². The molecule has 3 rings (SSSR count). The molecule has 3 aromatic carbocycles. The first-order chi connectivity index (χ1) is 14.6. The van der Waals surface area contributed by atoms with Crippen molar-refractivity contribution in [1.29, 1.82) is 0 Å². The zero-order chi connectivity index (χ0) is 22.6. The molecular formula is C21H17Cl3N2O4S. The summed E-state index contributed by atoms with van der Waals surface area (Å²) in [5, 5.41) is 3.83. The molecule has 3 aromatic rings. The van der Waals surface area contributed by atoms with Crippen LogP contribution in [0.4, 0.5) is 11.4 Å². The van der Waals surface area contributed by atoms with E-state index in [4.69, 9.17) is 39.5 Å². The molecule has 1 amide bonds. The van der Waals surface area contributed by atoms with E-state index >= 15 is 0 Å². The highest BCUT2D eigenvalue weighted by molar-refractivity contribution is 7.92. The quantitative estimate of drug-likeness (QED) is 0.432. The van der Waals surface area contributed by atoms with Crippen molar-refractivity contribution in [3.8, 4) is 5.75 Å². The minimum absolute atomic E-state index is 0.00898. The molecule has 0 heterocycles. The van der Waals surface area contributed by atoms with Gasteiger partial charge in [0.1, 0.15) is 5.75 Å². The van der Waals surface area contributed by atoms with E-state index in [0.717, 1.165) is 5.56 Å². The van der Waals surface area contributed by atoms with Crippen molar-refractivity contribution < 1.29 is 17.9 Å². The number of aryl methyl sites for hydroxylation is 1. The number of anilines is 2. The molecule has 0 atom stereocenters. The molecule has 0 unspecified atom stereocenters. The molecule has 0 aromatic heterocycles. The zero-order valence-corrected chi connectivity index (χ0v) is 19.2. The number of hydrogen-bond acceptors (Lipinski definition) is 4. The lowest BCUT2D eigenvalue weighted by Crippen LogP contribution is -2.20. The molecule has 0 saturated carbocycles. The van der Waals surface area contributed by atoms with Crippen LogP contribution in [0.5, 0.6) is 5.75 Å². The van der Waals surface area contributed by atoms with Crippen LogP contribution in [0.15, 0.2) is 65.6 Å².